The van der Waals surface area contributed by atoms with Crippen LogP contribution in [-0.4, -0.2) is 10.1 Å². The van der Waals surface area contributed by atoms with Crippen LogP contribution in [-0.2, 0) is 0 Å². The van der Waals surface area contributed by atoms with Crippen LogP contribution in [0, 0.1) is 0 Å². The van der Waals surface area contributed by atoms with E-state index in [1.807, 2.05) is 0 Å². The predicted molar refractivity (Wildman–Crippen MR) is 52.7 cm³/mol. The maximum Gasteiger partial charge on any atom is 0.189 e. The lowest BCUT2D eigenvalue weighted by Crippen LogP contribution is -1.71. The maximum absolute atomic E-state index is 9.15. The number of aromatic hydroxyl groups is 1. The summed E-state index contributed by atoms with van der Waals surface area (Å²) in [5, 5.41) is 10.7. The Morgan fingerprint density at radius 1 is 1.33 bits per heavy atom. The van der Waals surface area contributed by atoms with Crippen LogP contribution in [0.25, 0.3) is 10.9 Å². The van der Waals surface area contributed by atoms with Crippen LogP contribution in [0.4, 0.5) is 0 Å². The molecule has 0 aliphatic heterocycles. The van der Waals surface area contributed by atoms with Crippen molar-refractivity contribution in [2.45, 2.75) is 0 Å². The number of benzene rings is 1. The highest BCUT2D eigenvalue weighted by atomic mass is 79.9. The summed E-state index contributed by atoms with van der Waals surface area (Å²) in [6.07, 6.45) is 0. The third kappa shape index (κ3) is 1.19. The molecule has 0 aliphatic rings. The molecule has 0 atom stereocenters. The first-order valence-electron chi connectivity index (χ1n) is 3.33. The Labute approximate surface area is 82.3 Å². The van der Waals surface area contributed by atoms with Gasteiger partial charge in [-0.05, 0) is 28.1 Å². The highest BCUT2D eigenvalue weighted by molar-refractivity contribution is 9.10. The molecule has 0 bridgehead atoms. The summed E-state index contributed by atoms with van der Waals surface area (Å²) in [6.45, 7) is 0. The van der Waals surface area contributed by atoms with E-state index in [9.17, 15) is 0 Å². The number of hydrogen-bond acceptors (Lipinski definition) is 1. The van der Waals surface area contributed by atoms with Crippen molar-refractivity contribution in [3.8, 4) is 5.88 Å². The van der Waals surface area contributed by atoms with Gasteiger partial charge < -0.3 is 10.1 Å². The summed E-state index contributed by atoms with van der Waals surface area (Å²) in [5.74, 6) is 0.146. The van der Waals surface area contributed by atoms with Crippen LogP contribution in [0.15, 0.2) is 22.7 Å². The zero-order chi connectivity index (χ0) is 8.72. The smallest absolute Gasteiger partial charge is 0.189 e. The van der Waals surface area contributed by atoms with E-state index in [1.165, 1.54) is 0 Å². The molecule has 12 heavy (non-hydrogen) atoms. The van der Waals surface area contributed by atoms with Gasteiger partial charge in [-0.3, -0.25) is 0 Å². The fourth-order valence-corrected chi connectivity index (χ4v) is 2.08. The van der Waals surface area contributed by atoms with Crippen molar-refractivity contribution in [1.82, 2.24) is 4.98 Å². The molecule has 2 N–H and O–H groups in total. The summed E-state index contributed by atoms with van der Waals surface area (Å²) in [4.78, 5) is 2.80. The van der Waals surface area contributed by atoms with Crippen LogP contribution in [0.2, 0.25) is 5.02 Å². The lowest BCUT2D eigenvalue weighted by atomic mass is 10.2. The molecule has 0 amide bonds. The molecule has 2 aromatic rings. The summed E-state index contributed by atoms with van der Waals surface area (Å²) in [5.41, 5.74) is 0.858. The van der Waals surface area contributed by atoms with Crippen LogP contribution in [0.5, 0.6) is 5.88 Å². The van der Waals surface area contributed by atoms with Crippen molar-refractivity contribution in [3.05, 3.63) is 27.7 Å². The monoisotopic (exact) mass is 245 g/mol. The van der Waals surface area contributed by atoms with Crippen molar-refractivity contribution >= 4 is 38.4 Å². The molecule has 1 aromatic carbocycles. The first-order chi connectivity index (χ1) is 5.66. The molecule has 0 unspecified atom stereocenters. The van der Waals surface area contributed by atoms with Gasteiger partial charge in [-0.2, -0.15) is 0 Å². The fraction of sp³-hybridized carbons (Fsp3) is 0. The first-order valence-corrected chi connectivity index (χ1v) is 4.50. The highest BCUT2D eigenvalue weighted by Gasteiger charge is 2.03. The molecule has 0 radical (unpaired) electrons. The zero-order valence-corrected chi connectivity index (χ0v) is 8.28. The van der Waals surface area contributed by atoms with Gasteiger partial charge in [-0.15, -0.1) is 0 Å². The van der Waals surface area contributed by atoms with Gasteiger partial charge in [0.05, 0.1) is 5.52 Å². The van der Waals surface area contributed by atoms with Crippen molar-refractivity contribution in [3.63, 3.8) is 0 Å². The van der Waals surface area contributed by atoms with Crippen LogP contribution < -0.4 is 0 Å². The average Bonchev–Trinajstić information content (AvgIpc) is 2.29. The van der Waals surface area contributed by atoms with Gasteiger partial charge >= 0.3 is 0 Å². The molecule has 0 fully saturated rings. The summed E-state index contributed by atoms with van der Waals surface area (Å²) in [6, 6.07) is 5.20. The molecular formula is C8H5BrClNO. The van der Waals surface area contributed by atoms with E-state index >= 15 is 0 Å². The standard InChI is InChI=1S/C8H5BrClNO/c9-6-3-5(10)1-4-2-7(12)11-8(4)6/h1-3,11-12H. The molecule has 4 heteroatoms. The summed E-state index contributed by atoms with van der Waals surface area (Å²) in [7, 11) is 0. The van der Waals surface area contributed by atoms with Crippen LogP contribution in [0.1, 0.15) is 0 Å². The van der Waals surface area contributed by atoms with E-state index in [0.717, 1.165) is 15.4 Å². The number of fused-ring (bicyclic) bond motifs is 1. The van der Waals surface area contributed by atoms with Gasteiger partial charge in [-0.1, -0.05) is 11.6 Å². The minimum atomic E-state index is 0.146. The predicted octanol–water partition coefficient (Wildman–Crippen LogP) is 3.29. The minimum absolute atomic E-state index is 0.146. The number of aromatic amines is 1. The zero-order valence-electron chi connectivity index (χ0n) is 5.94. The van der Waals surface area contributed by atoms with E-state index in [4.69, 9.17) is 16.7 Å². The average molecular weight is 246 g/mol. The van der Waals surface area contributed by atoms with E-state index in [0.29, 0.717) is 5.02 Å². The van der Waals surface area contributed by atoms with E-state index in [2.05, 4.69) is 20.9 Å². The second-order valence-electron chi connectivity index (χ2n) is 2.51. The number of aromatic nitrogens is 1. The third-order valence-corrected chi connectivity index (χ3v) is 2.47. The molecule has 2 nitrogen and oxygen atoms in total. The van der Waals surface area contributed by atoms with E-state index in [1.54, 1.807) is 18.2 Å². The Morgan fingerprint density at radius 3 is 2.83 bits per heavy atom. The third-order valence-electron chi connectivity index (χ3n) is 1.63. The fourth-order valence-electron chi connectivity index (χ4n) is 1.15. The molecule has 1 heterocycles. The largest absolute Gasteiger partial charge is 0.495 e. The Balaban J connectivity index is 2.88. The van der Waals surface area contributed by atoms with Crippen molar-refractivity contribution in [1.29, 1.82) is 0 Å². The minimum Gasteiger partial charge on any atom is -0.495 e. The van der Waals surface area contributed by atoms with E-state index in [-0.39, 0.29) is 5.88 Å². The first kappa shape index (κ1) is 7.95. The van der Waals surface area contributed by atoms with Crippen molar-refractivity contribution in [2.75, 3.05) is 0 Å². The molecular weight excluding hydrogens is 241 g/mol. The number of rotatable bonds is 0. The van der Waals surface area contributed by atoms with Crippen LogP contribution in [0.3, 0.4) is 0 Å². The van der Waals surface area contributed by atoms with Gasteiger partial charge in [0, 0.05) is 20.9 Å². The normalized spacial score (nSPS) is 10.8. The topological polar surface area (TPSA) is 36.0 Å². The lowest BCUT2D eigenvalue weighted by molar-refractivity contribution is 0.458. The Kier molecular flexibility index (Phi) is 1.77. The van der Waals surface area contributed by atoms with Crippen molar-refractivity contribution in [2.24, 2.45) is 0 Å². The van der Waals surface area contributed by atoms with E-state index < -0.39 is 0 Å². The number of H-pyrrole nitrogens is 1. The van der Waals surface area contributed by atoms with Gasteiger partial charge in [0.2, 0.25) is 0 Å². The number of nitrogens with one attached hydrogen (secondary N) is 1. The quantitative estimate of drug-likeness (QED) is 0.735. The maximum atomic E-state index is 9.15. The molecule has 0 aliphatic carbocycles. The second kappa shape index (κ2) is 2.68. The van der Waals surface area contributed by atoms with Gasteiger partial charge in [0.1, 0.15) is 0 Å². The molecule has 62 valence electrons. The summed E-state index contributed by atoms with van der Waals surface area (Å²) < 4.78 is 0.852. The van der Waals surface area contributed by atoms with Gasteiger partial charge in [0.15, 0.2) is 5.88 Å². The summed E-state index contributed by atoms with van der Waals surface area (Å²) >= 11 is 9.14. The van der Waals surface area contributed by atoms with Gasteiger partial charge in [-0.25, -0.2) is 0 Å². The number of hydrogen-bond donors (Lipinski definition) is 2. The number of halogens is 2. The molecule has 2 rings (SSSR count). The highest BCUT2D eigenvalue weighted by Crippen LogP contribution is 2.29. The van der Waals surface area contributed by atoms with Crippen molar-refractivity contribution < 1.29 is 5.11 Å². The molecule has 0 saturated carbocycles. The Morgan fingerprint density at radius 2 is 2.08 bits per heavy atom. The SMILES string of the molecule is Oc1cc2cc(Cl)cc(Br)c2[nH]1. The Bertz CT molecular complexity index is 438. The molecule has 0 spiro atoms. The Hall–Kier alpha value is -0.670. The lowest BCUT2D eigenvalue weighted by Gasteiger charge is -1.94. The van der Waals surface area contributed by atoms with Gasteiger partial charge in [0.25, 0.3) is 0 Å². The second-order valence-corrected chi connectivity index (χ2v) is 3.80. The molecule has 1 aromatic heterocycles. The van der Waals surface area contributed by atoms with Crippen LogP contribution >= 0.6 is 27.5 Å². The molecule has 0 saturated heterocycles.